The number of aromatic nitrogens is 2. The first kappa shape index (κ1) is 11.4. The van der Waals surface area contributed by atoms with Crippen molar-refractivity contribution in [2.45, 2.75) is 9.92 Å². The van der Waals surface area contributed by atoms with Crippen molar-refractivity contribution in [2.75, 3.05) is 5.43 Å². The van der Waals surface area contributed by atoms with E-state index in [1.54, 1.807) is 18.0 Å². The van der Waals surface area contributed by atoms with E-state index >= 15 is 0 Å². The van der Waals surface area contributed by atoms with Gasteiger partial charge in [-0.2, -0.15) is 0 Å². The molecular formula is C10H9BrN4S. The number of benzene rings is 1. The zero-order chi connectivity index (χ0) is 11.4. The first-order valence-electron chi connectivity index (χ1n) is 4.51. The highest BCUT2D eigenvalue weighted by Gasteiger charge is 2.06. The van der Waals surface area contributed by atoms with Crippen LogP contribution in [0.5, 0.6) is 0 Å². The van der Waals surface area contributed by atoms with Gasteiger partial charge in [-0.25, -0.2) is 15.8 Å². The lowest BCUT2D eigenvalue weighted by molar-refractivity contribution is 1.01. The van der Waals surface area contributed by atoms with Gasteiger partial charge in [0.25, 0.3) is 0 Å². The van der Waals surface area contributed by atoms with Crippen molar-refractivity contribution in [3.8, 4) is 0 Å². The number of anilines is 1. The Morgan fingerprint density at radius 3 is 2.69 bits per heavy atom. The van der Waals surface area contributed by atoms with Gasteiger partial charge >= 0.3 is 0 Å². The summed E-state index contributed by atoms with van der Waals surface area (Å²) in [6, 6.07) is 9.99. The Morgan fingerprint density at radius 2 is 2.00 bits per heavy atom. The van der Waals surface area contributed by atoms with Gasteiger partial charge in [0, 0.05) is 11.1 Å². The van der Waals surface area contributed by atoms with Crippen LogP contribution in [0, 0.1) is 0 Å². The van der Waals surface area contributed by atoms with E-state index in [-0.39, 0.29) is 0 Å². The smallest absolute Gasteiger partial charge is 0.238 e. The average Bonchev–Trinajstić information content (AvgIpc) is 2.33. The number of rotatable bonds is 3. The van der Waals surface area contributed by atoms with Crippen LogP contribution in [0.2, 0.25) is 0 Å². The van der Waals surface area contributed by atoms with Crippen LogP contribution in [-0.2, 0) is 0 Å². The molecule has 0 bridgehead atoms. The third-order valence-electron chi connectivity index (χ3n) is 1.80. The molecule has 0 saturated carbocycles. The van der Waals surface area contributed by atoms with Gasteiger partial charge < -0.3 is 0 Å². The molecular weight excluding hydrogens is 288 g/mol. The van der Waals surface area contributed by atoms with Gasteiger partial charge in [0.05, 0.1) is 4.47 Å². The number of hydrogen-bond acceptors (Lipinski definition) is 5. The molecule has 2 rings (SSSR count). The molecule has 0 atom stereocenters. The molecule has 1 aromatic carbocycles. The second-order valence-electron chi connectivity index (χ2n) is 2.91. The van der Waals surface area contributed by atoms with Crippen LogP contribution in [-0.4, -0.2) is 9.97 Å². The zero-order valence-corrected chi connectivity index (χ0v) is 10.6. The minimum absolute atomic E-state index is 0.404. The molecule has 0 aliphatic heterocycles. The molecule has 1 aromatic heterocycles. The van der Waals surface area contributed by atoms with Crippen LogP contribution in [0.1, 0.15) is 0 Å². The predicted molar refractivity (Wildman–Crippen MR) is 68.1 cm³/mol. The minimum Gasteiger partial charge on any atom is -0.292 e. The topological polar surface area (TPSA) is 63.8 Å². The second-order valence-corrected chi connectivity index (χ2v) is 4.82. The summed E-state index contributed by atoms with van der Waals surface area (Å²) in [5.41, 5.74) is 2.42. The molecule has 2 aromatic rings. The van der Waals surface area contributed by atoms with Crippen molar-refractivity contribution in [2.24, 2.45) is 5.84 Å². The molecule has 6 heteroatoms. The molecule has 0 fully saturated rings. The number of nitrogens with zero attached hydrogens (tertiary/aromatic N) is 2. The number of hydrazine groups is 1. The molecule has 16 heavy (non-hydrogen) atoms. The number of nitrogens with one attached hydrogen (secondary N) is 1. The normalized spacial score (nSPS) is 10.1. The highest BCUT2D eigenvalue weighted by Crippen LogP contribution is 2.31. The summed E-state index contributed by atoms with van der Waals surface area (Å²) in [5.74, 6) is 5.67. The Labute approximate surface area is 106 Å². The van der Waals surface area contributed by atoms with E-state index in [4.69, 9.17) is 5.84 Å². The number of nitrogen functional groups attached to an aromatic ring is 1. The van der Waals surface area contributed by atoms with Crippen LogP contribution in [0.15, 0.2) is 50.9 Å². The molecule has 0 radical (unpaired) electrons. The number of hydrogen-bond donors (Lipinski definition) is 2. The summed E-state index contributed by atoms with van der Waals surface area (Å²) in [4.78, 5) is 9.36. The molecule has 0 amide bonds. The van der Waals surface area contributed by atoms with Crippen molar-refractivity contribution < 1.29 is 0 Å². The third-order valence-corrected chi connectivity index (χ3v) is 3.65. The number of nitrogens with two attached hydrogens (primary N) is 1. The van der Waals surface area contributed by atoms with Crippen molar-refractivity contribution in [1.29, 1.82) is 0 Å². The summed E-state index contributed by atoms with van der Waals surface area (Å²) in [5, 5.41) is 0.828. The molecule has 82 valence electrons. The van der Waals surface area contributed by atoms with Gasteiger partial charge in [0.1, 0.15) is 5.03 Å². The van der Waals surface area contributed by atoms with Gasteiger partial charge in [0.15, 0.2) is 0 Å². The summed E-state index contributed by atoms with van der Waals surface area (Å²) in [6.45, 7) is 0. The maximum absolute atomic E-state index is 5.26. The van der Waals surface area contributed by atoms with Crippen molar-refractivity contribution in [1.82, 2.24) is 9.97 Å². The molecule has 4 nitrogen and oxygen atoms in total. The fraction of sp³-hybridized carbons (Fsp3) is 0. The average molecular weight is 297 g/mol. The van der Waals surface area contributed by atoms with E-state index in [1.807, 2.05) is 30.3 Å². The molecule has 0 saturated heterocycles. The first-order chi connectivity index (χ1) is 7.79. The maximum Gasteiger partial charge on any atom is 0.238 e. The van der Waals surface area contributed by atoms with Crippen molar-refractivity contribution >= 4 is 33.6 Å². The van der Waals surface area contributed by atoms with E-state index in [1.165, 1.54) is 0 Å². The highest BCUT2D eigenvalue weighted by molar-refractivity contribution is 9.10. The fourth-order valence-corrected chi connectivity index (χ4v) is 2.33. The molecule has 1 heterocycles. The SMILES string of the molecule is NNc1ncc(Br)c(Sc2ccccc2)n1. The fourth-order valence-electron chi connectivity index (χ4n) is 1.09. The minimum atomic E-state index is 0.404. The lowest BCUT2D eigenvalue weighted by Gasteiger charge is -2.04. The summed E-state index contributed by atoms with van der Waals surface area (Å²) < 4.78 is 0.848. The van der Waals surface area contributed by atoms with E-state index < -0.39 is 0 Å². The molecule has 0 spiro atoms. The van der Waals surface area contributed by atoms with Crippen molar-refractivity contribution in [3.05, 3.63) is 41.0 Å². The van der Waals surface area contributed by atoms with Gasteiger partial charge in [-0.05, 0) is 28.1 Å². The van der Waals surface area contributed by atoms with Gasteiger partial charge in [-0.1, -0.05) is 30.0 Å². The lowest BCUT2D eigenvalue weighted by Crippen LogP contribution is -2.10. The number of halogens is 1. The van der Waals surface area contributed by atoms with E-state index in [9.17, 15) is 0 Å². The third kappa shape index (κ3) is 2.72. The van der Waals surface area contributed by atoms with Crippen LogP contribution in [0.3, 0.4) is 0 Å². The van der Waals surface area contributed by atoms with E-state index in [0.29, 0.717) is 5.95 Å². The molecule has 0 unspecified atom stereocenters. The first-order valence-corrected chi connectivity index (χ1v) is 6.12. The maximum atomic E-state index is 5.26. The van der Waals surface area contributed by atoms with Crippen LogP contribution in [0.4, 0.5) is 5.95 Å². The Morgan fingerprint density at radius 1 is 1.25 bits per heavy atom. The van der Waals surface area contributed by atoms with Crippen molar-refractivity contribution in [3.63, 3.8) is 0 Å². The highest BCUT2D eigenvalue weighted by atomic mass is 79.9. The zero-order valence-electron chi connectivity index (χ0n) is 8.22. The summed E-state index contributed by atoms with van der Waals surface area (Å²) in [6.07, 6.45) is 1.67. The lowest BCUT2D eigenvalue weighted by atomic mass is 10.4. The standard InChI is InChI=1S/C10H9BrN4S/c11-8-6-13-10(15-12)14-9(8)16-7-4-2-1-3-5-7/h1-6H,12H2,(H,13,14,15). The Kier molecular flexibility index (Phi) is 3.76. The van der Waals surface area contributed by atoms with Gasteiger partial charge in [0.2, 0.25) is 5.95 Å². The van der Waals surface area contributed by atoms with Crippen LogP contribution < -0.4 is 11.3 Å². The van der Waals surface area contributed by atoms with Gasteiger partial charge in [-0.3, -0.25) is 5.43 Å². The predicted octanol–water partition coefficient (Wildman–Crippen LogP) is 2.68. The van der Waals surface area contributed by atoms with Crippen LogP contribution >= 0.6 is 27.7 Å². The molecule has 0 aliphatic carbocycles. The Balaban J connectivity index is 2.27. The monoisotopic (exact) mass is 296 g/mol. The van der Waals surface area contributed by atoms with Crippen LogP contribution in [0.25, 0.3) is 0 Å². The summed E-state index contributed by atoms with van der Waals surface area (Å²) >= 11 is 4.95. The molecule has 3 N–H and O–H groups in total. The van der Waals surface area contributed by atoms with E-state index in [0.717, 1.165) is 14.4 Å². The Bertz CT molecular complexity index is 478. The largest absolute Gasteiger partial charge is 0.292 e. The van der Waals surface area contributed by atoms with E-state index in [2.05, 4.69) is 31.3 Å². The Hall–Kier alpha value is -1.11. The second kappa shape index (κ2) is 5.29. The summed E-state index contributed by atoms with van der Waals surface area (Å²) in [7, 11) is 0. The molecule has 0 aliphatic rings. The quantitative estimate of drug-likeness (QED) is 0.518. The van der Waals surface area contributed by atoms with Gasteiger partial charge in [-0.15, -0.1) is 0 Å².